The fourth-order valence-electron chi connectivity index (χ4n) is 3.00. The Labute approximate surface area is 171 Å². The maximum atomic E-state index is 12.9. The van der Waals surface area contributed by atoms with Crippen molar-refractivity contribution in [2.45, 2.75) is 50.7 Å². The molecule has 1 amide bonds. The highest BCUT2D eigenvalue weighted by Gasteiger charge is 2.57. The van der Waals surface area contributed by atoms with Crippen LogP contribution < -0.4 is 4.98 Å². The molecular weight excluding hydrogens is 483 g/mol. The molecule has 0 radical (unpaired) electrons. The molecule has 9 heteroatoms. The number of alkyl halides is 1. The van der Waals surface area contributed by atoms with Crippen LogP contribution in [0.5, 0.6) is 0 Å². The number of β-lactam (4-membered cyclic amide) rings is 1. The van der Waals surface area contributed by atoms with Crippen molar-refractivity contribution in [3.63, 3.8) is 0 Å². The Kier molecular flexibility index (Phi) is 6.56. The molecule has 5 nitrogen and oxygen atoms in total. The molecule has 2 fully saturated rings. The van der Waals surface area contributed by atoms with E-state index in [1.165, 1.54) is 0 Å². The minimum atomic E-state index is -1.98. The van der Waals surface area contributed by atoms with Gasteiger partial charge in [0.1, 0.15) is 25.1 Å². The number of amides is 1. The molecule has 0 aromatic carbocycles. The first-order valence-corrected chi connectivity index (χ1v) is 18.0. The monoisotopic (exact) mass is 512 g/mol. The van der Waals surface area contributed by atoms with Crippen LogP contribution in [-0.4, -0.2) is 61.5 Å². The molecule has 2 aliphatic heterocycles. The molecule has 0 aliphatic carbocycles. The molecule has 2 unspecified atom stereocenters. The molecule has 2 heterocycles. The van der Waals surface area contributed by atoms with E-state index in [9.17, 15) is 9.59 Å². The Balaban J connectivity index is 2.17. The zero-order valence-corrected chi connectivity index (χ0v) is 20.9. The summed E-state index contributed by atoms with van der Waals surface area (Å²) in [6, 6.07) is -0.101. The largest absolute Gasteiger partial charge is 0.519 e. The second kappa shape index (κ2) is 7.65. The number of hydrogen-bond acceptors (Lipinski definition) is 5. The van der Waals surface area contributed by atoms with E-state index in [0.717, 1.165) is 4.43 Å². The van der Waals surface area contributed by atoms with Crippen molar-refractivity contribution in [3.8, 4) is 0 Å². The molecule has 0 aromatic heterocycles. The van der Waals surface area contributed by atoms with Gasteiger partial charge in [-0.1, -0.05) is 54.4 Å². The molecule has 2 rings (SSSR count). The van der Waals surface area contributed by atoms with Crippen LogP contribution >= 0.6 is 34.4 Å². The molecule has 142 valence electrons. The summed E-state index contributed by atoms with van der Waals surface area (Å²) in [7, 11) is -3.51. The van der Waals surface area contributed by atoms with Crippen LogP contribution in [0, 0.1) is 5.41 Å². The highest BCUT2D eigenvalue weighted by atomic mass is 127. The van der Waals surface area contributed by atoms with E-state index >= 15 is 0 Å². The van der Waals surface area contributed by atoms with E-state index in [2.05, 4.69) is 47.2 Å². The lowest BCUT2D eigenvalue weighted by Crippen LogP contribution is -2.75. The SMILES string of the molecule is C[Si](C)(C)NC1C(=O)N2CC(C=CCI)(C(=O)O[Si](C)(C)C)CS[C@H]12. The third-order valence-electron chi connectivity index (χ3n) is 4.03. The van der Waals surface area contributed by atoms with Gasteiger partial charge in [0.15, 0.2) is 0 Å². The quantitative estimate of drug-likeness (QED) is 0.195. The summed E-state index contributed by atoms with van der Waals surface area (Å²) in [6.45, 7) is 13.1. The fraction of sp³-hybridized carbons (Fsp3) is 0.750. The highest BCUT2D eigenvalue weighted by Crippen LogP contribution is 2.44. The molecule has 25 heavy (non-hydrogen) atoms. The van der Waals surface area contributed by atoms with E-state index < -0.39 is 22.0 Å². The van der Waals surface area contributed by atoms with Gasteiger partial charge in [-0.15, -0.1) is 11.8 Å². The van der Waals surface area contributed by atoms with Gasteiger partial charge in [-0.25, -0.2) is 0 Å². The third-order valence-corrected chi connectivity index (χ3v) is 8.06. The normalized spacial score (nSPS) is 30.2. The molecule has 1 N–H and O–H groups in total. The molecule has 0 aromatic rings. The maximum absolute atomic E-state index is 12.9. The highest BCUT2D eigenvalue weighted by molar-refractivity contribution is 14.1. The van der Waals surface area contributed by atoms with Crippen LogP contribution in [0.1, 0.15) is 0 Å². The molecule has 3 atom stereocenters. The molecule has 2 saturated heterocycles. The number of fused-ring (bicyclic) bond motifs is 1. The van der Waals surface area contributed by atoms with Crippen LogP contribution in [0.25, 0.3) is 0 Å². The summed E-state index contributed by atoms with van der Waals surface area (Å²) >= 11 is 3.97. The van der Waals surface area contributed by atoms with Crippen LogP contribution in [-0.2, 0) is 14.0 Å². The van der Waals surface area contributed by atoms with Gasteiger partial charge in [0, 0.05) is 16.7 Å². The molecule has 0 bridgehead atoms. The number of nitrogens with zero attached hydrogens (tertiary/aromatic N) is 1. The minimum Gasteiger partial charge on any atom is -0.519 e. The van der Waals surface area contributed by atoms with Gasteiger partial charge in [-0.2, -0.15) is 0 Å². The van der Waals surface area contributed by atoms with Gasteiger partial charge in [0.05, 0.1) is 0 Å². The van der Waals surface area contributed by atoms with Crippen molar-refractivity contribution in [1.82, 2.24) is 9.88 Å². The number of carbonyl (C=O) groups is 2. The zero-order chi connectivity index (χ0) is 19.0. The summed E-state index contributed by atoms with van der Waals surface area (Å²) in [4.78, 5) is 31.0. The molecule has 2 aliphatic rings. The van der Waals surface area contributed by atoms with Crippen molar-refractivity contribution < 1.29 is 14.0 Å². The first-order chi connectivity index (χ1) is 11.4. The van der Waals surface area contributed by atoms with E-state index in [1.54, 1.807) is 11.8 Å². The number of carbonyl (C=O) groups excluding carboxylic acids is 2. The average Bonchev–Trinajstić information content (AvgIpc) is 2.47. The number of thioether (sulfide) groups is 1. The van der Waals surface area contributed by atoms with E-state index in [-0.39, 0.29) is 23.3 Å². The topological polar surface area (TPSA) is 58.6 Å². The van der Waals surface area contributed by atoms with Gasteiger partial charge < -0.3 is 14.3 Å². The summed E-state index contributed by atoms with van der Waals surface area (Å²) in [6.07, 6.45) is 3.98. The Hall–Kier alpha value is 0.154. The Morgan fingerprint density at radius 2 is 2.04 bits per heavy atom. The Morgan fingerprint density at radius 1 is 1.40 bits per heavy atom. The van der Waals surface area contributed by atoms with Gasteiger partial charge in [-0.05, 0) is 19.6 Å². The number of rotatable bonds is 6. The summed E-state index contributed by atoms with van der Waals surface area (Å²) in [5.74, 6) is 0.614. The summed E-state index contributed by atoms with van der Waals surface area (Å²) in [5, 5.41) is 0.139. The average molecular weight is 513 g/mol. The number of nitrogens with one attached hydrogen (secondary N) is 1. The minimum absolute atomic E-state index is 0.101. The lowest BCUT2D eigenvalue weighted by molar-refractivity contribution is -0.153. The van der Waals surface area contributed by atoms with Crippen LogP contribution in [0.4, 0.5) is 0 Å². The number of hydrogen-bond donors (Lipinski definition) is 1. The van der Waals surface area contributed by atoms with E-state index in [4.69, 9.17) is 4.43 Å². The lowest BCUT2D eigenvalue weighted by Gasteiger charge is -2.55. The van der Waals surface area contributed by atoms with Crippen LogP contribution in [0.15, 0.2) is 12.2 Å². The summed E-state index contributed by atoms with van der Waals surface area (Å²) in [5.41, 5.74) is -0.716. The lowest BCUT2D eigenvalue weighted by atomic mass is 9.87. The fourth-order valence-corrected chi connectivity index (χ4v) is 6.86. The second-order valence-electron chi connectivity index (χ2n) is 8.75. The van der Waals surface area contributed by atoms with Gasteiger partial charge in [0.25, 0.3) is 0 Å². The van der Waals surface area contributed by atoms with Crippen molar-refractivity contribution in [2.24, 2.45) is 5.41 Å². The Morgan fingerprint density at radius 3 is 2.56 bits per heavy atom. The second-order valence-corrected chi connectivity index (χ2v) is 20.0. The van der Waals surface area contributed by atoms with Crippen molar-refractivity contribution in [1.29, 1.82) is 0 Å². The number of halogens is 1. The van der Waals surface area contributed by atoms with Gasteiger partial charge >= 0.3 is 5.97 Å². The predicted molar refractivity (Wildman–Crippen MR) is 118 cm³/mol. The first kappa shape index (κ1) is 21.5. The standard InChI is InChI=1S/C16H29IN2O3SSi2/c1-24(2,3)18-12-13(20)19-10-16(8-7-9-17,11-23-14(12)19)15(21)22-25(4,5)6/h7-8,12,14,18H,9-11H2,1-6H3/t12?,14-,16?/m1/s1. The van der Waals surface area contributed by atoms with Gasteiger partial charge in [-0.3, -0.25) is 9.59 Å². The van der Waals surface area contributed by atoms with E-state index in [1.807, 2.05) is 36.7 Å². The van der Waals surface area contributed by atoms with Crippen molar-refractivity contribution in [2.75, 3.05) is 16.7 Å². The van der Waals surface area contributed by atoms with E-state index in [0.29, 0.717) is 12.3 Å². The summed E-state index contributed by atoms with van der Waals surface area (Å²) < 4.78 is 6.65. The molecule has 0 spiro atoms. The van der Waals surface area contributed by atoms with Crippen LogP contribution in [0.3, 0.4) is 0 Å². The molecular formula is C16H29IN2O3SSi2. The molecule has 0 saturated carbocycles. The maximum Gasteiger partial charge on any atom is 0.305 e. The van der Waals surface area contributed by atoms with Crippen molar-refractivity contribution in [3.05, 3.63) is 12.2 Å². The predicted octanol–water partition coefficient (Wildman–Crippen LogP) is 3.05. The first-order valence-electron chi connectivity index (χ1n) is 8.55. The Bertz CT molecular complexity index is 577. The van der Waals surface area contributed by atoms with Crippen molar-refractivity contribution >= 4 is 62.8 Å². The zero-order valence-electron chi connectivity index (χ0n) is 15.9. The number of allylic oxidation sites excluding steroid dienone is 1. The smallest absolute Gasteiger partial charge is 0.305 e. The third kappa shape index (κ3) is 5.11. The van der Waals surface area contributed by atoms with Gasteiger partial charge in [0.2, 0.25) is 14.2 Å². The van der Waals surface area contributed by atoms with Crippen LogP contribution in [0.2, 0.25) is 39.3 Å².